The van der Waals surface area contributed by atoms with E-state index in [1.165, 1.54) is 25.7 Å². The molecule has 1 aromatic heterocycles. The van der Waals surface area contributed by atoms with E-state index in [1.807, 2.05) is 11.8 Å². The minimum Gasteiger partial charge on any atom is -0.230 e. The predicted molar refractivity (Wildman–Crippen MR) is 78.4 cm³/mol. The van der Waals surface area contributed by atoms with E-state index in [1.54, 1.807) is 6.33 Å². The average Bonchev–Trinajstić information content (AvgIpc) is 2.28. The van der Waals surface area contributed by atoms with Crippen LogP contribution in [0.5, 0.6) is 0 Å². The average molecular weight is 285 g/mol. The molecule has 2 unspecified atom stereocenters. The number of hydrogen-bond acceptors (Lipinski definition) is 3. The maximum Gasteiger partial charge on any atom is 0.137 e. The van der Waals surface area contributed by atoms with Gasteiger partial charge >= 0.3 is 0 Å². The standard InChI is InChI=1S/C14H21ClN2S/c1-9(2)12-13(15)16-8-17-14(12)18-11-6-4-5-10(3)7-11/h8-11H,4-7H2,1-3H3. The second-order valence-corrected chi connectivity index (χ2v) is 7.20. The molecule has 0 spiro atoms. The van der Waals surface area contributed by atoms with Crippen LogP contribution in [0.2, 0.25) is 5.15 Å². The van der Waals surface area contributed by atoms with E-state index in [2.05, 4.69) is 30.7 Å². The molecule has 0 bridgehead atoms. The van der Waals surface area contributed by atoms with Crippen LogP contribution in [0.25, 0.3) is 0 Å². The fourth-order valence-electron chi connectivity index (χ4n) is 2.58. The van der Waals surface area contributed by atoms with E-state index in [9.17, 15) is 0 Å². The molecule has 0 amide bonds. The summed E-state index contributed by atoms with van der Waals surface area (Å²) in [6, 6.07) is 0. The van der Waals surface area contributed by atoms with E-state index in [4.69, 9.17) is 11.6 Å². The minimum atomic E-state index is 0.377. The number of aromatic nitrogens is 2. The third-order valence-corrected chi connectivity index (χ3v) is 5.15. The van der Waals surface area contributed by atoms with Crippen LogP contribution < -0.4 is 0 Å². The Bertz CT molecular complexity index is 409. The molecule has 0 aliphatic heterocycles. The van der Waals surface area contributed by atoms with Gasteiger partial charge in [0.2, 0.25) is 0 Å². The summed E-state index contributed by atoms with van der Waals surface area (Å²) in [7, 11) is 0. The molecule has 4 heteroatoms. The molecule has 18 heavy (non-hydrogen) atoms. The van der Waals surface area contributed by atoms with E-state index in [0.717, 1.165) is 16.5 Å². The van der Waals surface area contributed by atoms with Crippen molar-refractivity contribution in [3.63, 3.8) is 0 Å². The molecule has 2 nitrogen and oxygen atoms in total. The first-order valence-corrected chi connectivity index (χ1v) is 8.00. The van der Waals surface area contributed by atoms with Crippen LogP contribution in [0.4, 0.5) is 0 Å². The Labute approximate surface area is 119 Å². The van der Waals surface area contributed by atoms with Crippen molar-refractivity contribution in [3.8, 4) is 0 Å². The summed E-state index contributed by atoms with van der Waals surface area (Å²) in [5.74, 6) is 1.22. The zero-order valence-corrected chi connectivity index (χ0v) is 12.9. The van der Waals surface area contributed by atoms with Gasteiger partial charge in [-0.15, -0.1) is 11.8 Å². The Kier molecular flexibility index (Phi) is 4.91. The highest BCUT2D eigenvalue weighted by Crippen LogP contribution is 2.39. The summed E-state index contributed by atoms with van der Waals surface area (Å²) in [4.78, 5) is 8.56. The van der Waals surface area contributed by atoms with Gasteiger partial charge in [0.15, 0.2) is 0 Å². The topological polar surface area (TPSA) is 25.8 Å². The molecule has 2 rings (SSSR count). The molecule has 1 saturated carbocycles. The monoisotopic (exact) mass is 284 g/mol. The van der Waals surface area contributed by atoms with E-state index < -0.39 is 0 Å². The van der Waals surface area contributed by atoms with Crippen LogP contribution in [0, 0.1) is 5.92 Å². The third kappa shape index (κ3) is 3.39. The summed E-state index contributed by atoms with van der Waals surface area (Å²) < 4.78 is 0. The molecule has 1 aromatic rings. The normalized spacial score (nSPS) is 24.5. The lowest BCUT2D eigenvalue weighted by Gasteiger charge is -2.26. The number of nitrogens with zero attached hydrogens (tertiary/aromatic N) is 2. The predicted octanol–water partition coefficient (Wildman–Crippen LogP) is 4.92. The first-order chi connectivity index (χ1) is 8.58. The largest absolute Gasteiger partial charge is 0.230 e. The smallest absolute Gasteiger partial charge is 0.137 e. The van der Waals surface area contributed by atoms with Crippen molar-refractivity contribution in [2.45, 2.75) is 62.6 Å². The highest BCUT2D eigenvalue weighted by atomic mass is 35.5. The SMILES string of the molecule is CC1CCCC(Sc2ncnc(Cl)c2C(C)C)C1. The van der Waals surface area contributed by atoms with E-state index >= 15 is 0 Å². The highest BCUT2D eigenvalue weighted by Gasteiger charge is 2.23. The van der Waals surface area contributed by atoms with Gasteiger partial charge in [0.25, 0.3) is 0 Å². The summed E-state index contributed by atoms with van der Waals surface area (Å²) in [5, 5.41) is 2.40. The summed E-state index contributed by atoms with van der Waals surface area (Å²) in [5.41, 5.74) is 1.11. The lowest BCUT2D eigenvalue weighted by molar-refractivity contribution is 0.394. The Morgan fingerprint density at radius 2 is 2.11 bits per heavy atom. The second kappa shape index (κ2) is 6.25. The number of rotatable bonds is 3. The molecular weight excluding hydrogens is 264 g/mol. The Morgan fingerprint density at radius 3 is 2.78 bits per heavy atom. The van der Waals surface area contributed by atoms with Crippen molar-refractivity contribution >= 4 is 23.4 Å². The molecule has 0 radical (unpaired) electrons. The molecule has 0 saturated heterocycles. The molecule has 1 aliphatic carbocycles. The van der Waals surface area contributed by atoms with Gasteiger partial charge < -0.3 is 0 Å². The Morgan fingerprint density at radius 1 is 1.33 bits per heavy atom. The van der Waals surface area contributed by atoms with Crippen LogP contribution in [0.15, 0.2) is 11.4 Å². The fourth-order valence-corrected chi connectivity index (χ4v) is 4.58. The molecular formula is C14H21ClN2S. The molecule has 0 N–H and O–H groups in total. The molecule has 1 aliphatic rings. The van der Waals surface area contributed by atoms with Crippen LogP contribution in [-0.2, 0) is 0 Å². The molecule has 1 fully saturated rings. The van der Waals surface area contributed by atoms with Crippen LogP contribution in [-0.4, -0.2) is 15.2 Å². The van der Waals surface area contributed by atoms with Crippen LogP contribution >= 0.6 is 23.4 Å². The Hall–Kier alpha value is -0.280. The molecule has 2 atom stereocenters. The van der Waals surface area contributed by atoms with Crippen molar-refractivity contribution in [2.24, 2.45) is 5.92 Å². The van der Waals surface area contributed by atoms with Gasteiger partial charge in [-0.25, -0.2) is 9.97 Å². The lowest BCUT2D eigenvalue weighted by Crippen LogP contribution is -2.15. The van der Waals surface area contributed by atoms with Crippen LogP contribution in [0.1, 0.15) is 57.9 Å². The van der Waals surface area contributed by atoms with Gasteiger partial charge in [0.1, 0.15) is 16.5 Å². The first kappa shape index (κ1) is 14.1. The van der Waals surface area contributed by atoms with E-state index in [-0.39, 0.29) is 0 Å². The van der Waals surface area contributed by atoms with Gasteiger partial charge in [0.05, 0.1) is 0 Å². The molecule has 0 aromatic carbocycles. The van der Waals surface area contributed by atoms with Crippen molar-refractivity contribution < 1.29 is 0 Å². The maximum atomic E-state index is 6.21. The van der Waals surface area contributed by atoms with Gasteiger partial charge in [-0.1, -0.05) is 45.2 Å². The molecule has 1 heterocycles. The van der Waals surface area contributed by atoms with E-state index in [0.29, 0.717) is 16.3 Å². The van der Waals surface area contributed by atoms with Crippen LogP contribution in [0.3, 0.4) is 0 Å². The number of halogens is 1. The minimum absolute atomic E-state index is 0.377. The second-order valence-electron chi connectivity index (χ2n) is 5.55. The van der Waals surface area contributed by atoms with Crippen molar-refractivity contribution in [3.05, 3.63) is 17.0 Å². The van der Waals surface area contributed by atoms with Gasteiger partial charge in [-0.05, 0) is 24.7 Å². The van der Waals surface area contributed by atoms with Crippen molar-refractivity contribution in [1.29, 1.82) is 0 Å². The van der Waals surface area contributed by atoms with Gasteiger partial charge in [-0.3, -0.25) is 0 Å². The molecule has 100 valence electrons. The van der Waals surface area contributed by atoms with Crippen molar-refractivity contribution in [2.75, 3.05) is 0 Å². The Balaban J connectivity index is 2.15. The summed E-state index contributed by atoms with van der Waals surface area (Å²) >= 11 is 8.11. The summed E-state index contributed by atoms with van der Waals surface area (Å²) in [6.07, 6.45) is 6.90. The fraction of sp³-hybridized carbons (Fsp3) is 0.714. The highest BCUT2D eigenvalue weighted by molar-refractivity contribution is 7.99. The summed E-state index contributed by atoms with van der Waals surface area (Å²) in [6.45, 7) is 6.65. The lowest BCUT2D eigenvalue weighted by atomic mass is 9.91. The first-order valence-electron chi connectivity index (χ1n) is 6.75. The number of thioether (sulfide) groups is 1. The van der Waals surface area contributed by atoms with Gasteiger partial charge in [0, 0.05) is 10.8 Å². The quantitative estimate of drug-likeness (QED) is 0.737. The maximum absolute atomic E-state index is 6.21. The van der Waals surface area contributed by atoms with Gasteiger partial charge in [-0.2, -0.15) is 0 Å². The zero-order valence-electron chi connectivity index (χ0n) is 11.3. The zero-order chi connectivity index (χ0) is 13.1. The number of hydrogen-bond donors (Lipinski definition) is 0. The van der Waals surface area contributed by atoms with Crippen molar-refractivity contribution in [1.82, 2.24) is 9.97 Å². The third-order valence-electron chi connectivity index (χ3n) is 3.54.